The quantitative estimate of drug-likeness (QED) is 0.600. The van der Waals surface area contributed by atoms with Gasteiger partial charge in [-0.05, 0) is 18.2 Å². The van der Waals surface area contributed by atoms with Crippen LogP contribution in [0.1, 0.15) is 16.2 Å². The summed E-state index contributed by atoms with van der Waals surface area (Å²) in [6.45, 7) is 0. The molecule has 0 aliphatic heterocycles. The number of aromatic nitrogens is 2. The zero-order valence-corrected chi connectivity index (χ0v) is 11.8. The van der Waals surface area contributed by atoms with Gasteiger partial charge in [-0.3, -0.25) is 0 Å². The summed E-state index contributed by atoms with van der Waals surface area (Å²) in [5.74, 6) is -0.137. The summed E-state index contributed by atoms with van der Waals surface area (Å²) in [6.07, 6.45) is 0. The van der Waals surface area contributed by atoms with E-state index in [9.17, 15) is 4.79 Å². The number of benzene rings is 1. The first kappa shape index (κ1) is 13.5. The summed E-state index contributed by atoms with van der Waals surface area (Å²) in [4.78, 5) is 15.6. The minimum absolute atomic E-state index is 0.296. The number of nitrogens with zero attached hydrogens (tertiary/aromatic N) is 2. The molecule has 0 amide bonds. The van der Waals surface area contributed by atoms with Gasteiger partial charge in [0, 0.05) is 7.05 Å². The van der Waals surface area contributed by atoms with Crippen LogP contribution in [0.4, 0.5) is 0 Å². The van der Waals surface area contributed by atoms with E-state index in [1.54, 1.807) is 29.8 Å². The largest absolute Gasteiger partial charge is 0.465 e. The van der Waals surface area contributed by atoms with Crippen molar-refractivity contribution in [1.82, 2.24) is 9.55 Å². The summed E-state index contributed by atoms with van der Waals surface area (Å²) >= 11 is 17.5. The van der Waals surface area contributed by atoms with E-state index in [-0.39, 0.29) is 0 Å². The summed E-state index contributed by atoms with van der Waals surface area (Å²) in [6, 6.07) is 4.97. The number of fused-ring (bicyclic) bond motifs is 1. The number of rotatable bonds is 1. The van der Waals surface area contributed by atoms with Crippen LogP contribution in [0, 0.1) is 0 Å². The minimum atomic E-state index is -1.61. The van der Waals surface area contributed by atoms with Gasteiger partial charge in [-0.1, -0.05) is 34.8 Å². The number of halogens is 3. The fraction of sp³-hybridized carbons (Fsp3) is 0.273. The number of aryl methyl sites for hydroxylation is 1. The van der Waals surface area contributed by atoms with Gasteiger partial charge in [0.05, 0.1) is 23.7 Å². The lowest BCUT2D eigenvalue weighted by molar-refractivity contribution is 0.0601. The van der Waals surface area contributed by atoms with Crippen molar-refractivity contribution in [2.45, 2.75) is 3.79 Å². The highest BCUT2D eigenvalue weighted by Gasteiger charge is 2.29. The second-order valence-electron chi connectivity index (χ2n) is 3.69. The van der Waals surface area contributed by atoms with Gasteiger partial charge in [0.15, 0.2) is 5.82 Å². The Morgan fingerprint density at radius 3 is 2.61 bits per heavy atom. The van der Waals surface area contributed by atoms with Crippen LogP contribution in [-0.2, 0) is 15.6 Å². The predicted molar refractivity (Wildman–Crippen MR) is 71.3 cm³/mol. The van der Waals surface area contributed by atoms with Gasteiger partial charge in [-0.25, -0.2) is 9.78 Å². The Morgan fingerprint density at radius 1 is 1.39 bits per heavy atom. The molecule has 96 valence electrons. The zero-order chi connectivity index (χ0) is 13.5. The number of hydrogen-bond donors (Lipinski definition) is 0. The first-order valence-electron chi connectivity index (χ1n) is 4.96. The summed E-state index contributed by atoms with van der Waals surface area (Å²) < 4.78 is 4.70. The van der Waals surface area contributed by atoms with Crippen LogP contribution in [0.5, 0.6) is 0 Å². The molecule has 7 heteroatoms. The number of esters is 1. The average Bonchev–Trinajstić information content (AvgIpc) is 2.65. The molecule has 0 spiro atoms. The Morgan fingerprint density at radius 2 is 2.06 bits per heavy atom. The van der Waals surface area contributed by atoms with E-state index in [4.69, 9.17) is 34.8 Å². The van der Waals surface area contributed by atoms with E-state index in [0.29, 0.717) is 16.9 Å². The van der Waals surface area contributed by atoms with Crippen LogP contribution in [-0.4, -0.2) is 22.6 Å². The van der Waals surface area contributed by atoms with Crippen molar-refractivity contribution in [1.29, 1.82) is 0 Å². The number of hydrogen-bond acceptors (Lipinski definition) is 3. The van der Waals surface area contributed by atoms with Crippen LogP contribution in [0.2, 0.25) is 0 Å². The maximum absolute atomic E-state index is 11.4. The van der Waals surface area contributed by atoms with E-state index < -0.39 is 9.76 Å². The fourth-order valence-corrected chi connectivity index (χ4v) is 2.21. The molecule has 4 nitrogen and oxygen atoms in total. The SMILES string of the molecule is COC(=O)c1ccc2c(c1)nc(C(Cl)(Cl)Cl)n2C. The van der Waals surface area contributed by atoms with Gasteiger partial charge >= 0.3 is 5.97 Å². The highest BCUT2D eigenvalue weighted by Crippen LogP contribution is 2.38. The molecule has 1 heterocycles. The number of alkyl halides is 3. The number of imidazole rings is 1. The van der Waals surface area contributed by atoms with Crippen LogP contribution in [0.15, 0.2) is 18.2 Å². The summed E-state index contributed by atoms with van der Waals surface area (Å²) in [5.41, 5.74) is 1.74. The molecule has 0 atom stereocenters. The first-order chi connectivity index (χ1) is 8.34. The molecule has 0 N–H and O–H groups in total. The molecule has 0 radical (unpaired) electrons. The third-order valence-corrected chi connectivity index (χ3v) is 3.06. The maximum Gasteiger partial charge on any atom is 0.337 e. The lowest BCUT2D eigenvalue weighted by Gasteiger charge is -2.09. The number of ether oxygens (including phenoxy) is 1. The van der Waals surface area contributed by atoms with Gasteiger partial charge < -0.3 is 9.30 Å². The Labute approximate surface area is 118 Å². The maximum atomic E-state index is 11.4. The lowest BCUT2D eigenvalue weighted by atomic mass is 10.2. The molecule has 0 aliphatic rings. The molecule has 0 bridgehead atoms. The van der Waals surface area contributed by atoms with Crippen molar-refractivity contribution in [3.8, 4) is 0 Å². The number of methoxy groups -OCH3 is 1. The van der Waals surface area contributed by atoms with Crippen molar-refractivity contribution in [3.05, 3.63) is 29.6 Å². The molecule has 1 aromatic heterocycles. The molecule has 2 rings (SSSR count). The molecular weight excluding hydrogens is 298 g/mol. The first-order valence-corrected chi connectivity index (χ1v) is 6.10. The molecule has 0 saturated heterocycles. The monoisotopic (exact) mass is 306 g/mol. The van der Waals surface area contributed by atoms with Crippen LogP contribution in [0.25, 0.3) is 11.0 Å². The Bertz CT molecular complexity index is 617. The minimum Gasteiger partial charge on any atom is -0.465 e. The third-order valence-electron chi connectivity index (χ3n) is 2.56. The van der Waals surface area contributed by atoms with Crippen molar-refractivity contribution < 1.29 is 9.53 Å². The Hall–Kier alpha value is -0.970. The summed E-state index contributed by atoms with van der Waals surface area (Å²) in [5, 5.41) is 0. The Balaban J connectivity index is 2.63. The van der Waals surface area contributed by atoms with Crippen molar-refractivity contribution in [2.75, 3.05) is 7.11 Å². The predicted octanol–water partition coefficient (Wildman–Crippen LogP) is 3.19. The van der Waals surface area contributed by atoms with Crippen molar-refractivity contribution in [2.24, 2.45) is 7.05 Å². The topological polar surface area (TPSA) is 44.1 Å². The average molecular weight is 308 g/mol. The fourth-order valence-electron chi connectivity index (χ4n) is 1.70. The van der Waals surface area contributed by atoms with E-state index in [1.807, 2.05) is 0 Å². The van der Waals surface area contributed by atoms with E-state index in [1.165, 1.54) is 7.11 Å². The third kappa shape index (κ3) is 2.28. The van der Waals surface area contributed by atoms with Crippen LogP contribution in [0.3, 0.4) is 0 Å². The molecule has 0 aliphatic carbocycles. The van der Waals surface area contributed by atoms with Crippen LogP contribution < -0.4 is 0 Å². The van der Waals surface area contributed by atoms with Crippen LogP contribution >= 0.6 is 34.8 Å². The van der Waals surface area contributed by atoms with Gasteiger partial charge in [-0.2, -0.15) is 0 Å². The Kier molecular flexibility index (Phi) is 3.45. The lowest BCUT2D eigenvalue weighted by Crippen LogP contribution is -2.08. The summed E-state index contributed by atoms with van der Waals surface area (Å²) in [7, 11) is 3.06. The molecule has 0 saturated carbocycles. The molecular formula is C11H9Cl3N2O2. The molecule has 18 heavy (non-hydrogen) atoms. The zero-order valence-electron chi connectivity index (χ0n) is 9.58. The standard InChI is InChI=1S/C11H9Cl3N2O2/c1-16-8-4-3-6(9(17)18-2)5-7(8)15-10(16)11(12,13)14/h3-5H,1-2H3. The number of carbonyl (C=O) groups excluding carboxylic acids is 1. The molecule has 0 unspecified atom stereocenters. The van der Waals surface area contributed by atoms with Crippen molar-refractivity contribution in [3.63, 3.8) is 0 Å². The smallest absolute Gasteiger partial charge is 0.337 e. The highest BCUT2D eigenvalue weighted by molar-refractivity contribution is 6.66. The van der Waals surface area contributed by atoms with Gasteiger partial charge in [0.2, 0.25) is 3.79 Å². The second kappa shape index (κ2) is 4.61. The molecule has 1 aromatic carbocycles. The normalized spacial score (nSPS) is 11.8. The highest BCUT2D eigenvalue weighted by atomic mass is 35.6. The van der Waals surface area contributed by atoms with Gasteiger partial charge in [0.25, 0.3) is 0 Å². The van der Waals surface area contributed by atoms with Crippen molar-refractivity contribution >= 4 is 51.8 Å². The van der Waals surface area contributed by atoms with E-state index in [0.717, 1.165) is 5.52 Å². The molecule has 2 aromatic rings. The second-order valence-corrected chi connectivity index (χ2v) is 5.97. The number of carbonyl (C=O) groups is 1. The molecule has 0 fully saturated rings. The van der Waals surface area contributed by atoms with E-state index >= 15 is 0 Å². The van der Waals surface area contributed by atoms with Gasteiger partial charge in [-0.15, -0.1) is 0 Å². The van der Waals surface area contributed by atoms with Gasteiger partial charge in [0.1, 0.15) is 0 Å². The van der Waals surface area contributed by atoms with E-state index in [2.05, 4.69) is 9.72 Å².